The zero-order chi connectivity index (χ0) is 17.3. The Morgan fingerprint density at radius 1 is 1.33 bits per heavy atom. The van der Waals surface area contributed by atoms with Gasteiger partial charge < -0.3 is 9.67 Å². The molecule has 0 saturated heterocycles. The van der Waals surface area contributed by atoms with Gasteiger partial charge in [0, 0.05) is 12.6 Å². The first-order chi connectivity index (χ1) is 11.5. The number of carbonyl (C=O) groups is 1. The second-order valence-corrected chi connectivity index (χ2v) is 6.72. The van der Waals surface area contributed by atoms with E-state index in [1.165, 1.54) is 11.3 Å². The summed E-state index contributed by atoms with van der Waals surface area (Å²) in [6, 6.07) is 5.55. The monoisotopic (exact) mass is 367 g/mol. The maximum atomic E-state index is 14.2. The van der Waals surface area contributed by atoms with Crippen molar-refractivity contribution >= 4 is 28.9 Å². The number of nitrogens with zero attached hydrogens (tertiary/aromatic N) is 3. The van der Waals surface area contributed by atoms with Crippen molar-refractivity contribution in [1.82, 2.24) is 14.8 Å². The summed E-state index contributed by atoms with van der Waals surface area (Å²) in [5.74, 6) is -1.93. The molecule has 1 N–H and O–H groups in total. The Balaban J connectivity index is 1.94. The van der Waals surface area contributed by atoms with E-state index in [1.807, 2.05) is 17.5 Å². The molecule has 0 bridgehead atoms. The summed E-state index contributed by atoms with van der Waals surface area (Å²) in [6.07, 6.45) is 0. The van der Waals surface area contributed by atoms with E-state index >= 15 is 0 Å². The van der Waals surface area contributed by atoms with Crippen LogP contribution < -0.4 is 0 Å². The fourth-order valence-electron chi connectivity index (χ4n) is 2.03. The van der Waals surface area contributed by atoms with E-state index in [0.717, 1.165) is 28.8 Å². The number of ketones is 1. The lowest BCUT2D eigenvalue weighted by Crippen LogP contribution is -2.06. The van der Waals surface area contributed by atoms with E-state index in [9.17, 15) is 13.6 Å². The van der Waals surface area contributed by atoms with Crippen molar-refractivity contribution in [2.24, 2.45) is 7.05 Å². The number of carbonyl (C=O) groups excluding carboxylic acids is 1. The summed E-state index contributed by atoms with van der Waals surface area (Å²) in [6.45, 7) is -0.807. The first-order valence-corrected chi connectivity index (χ1v) is 8.45. The van der Waals surface area contributed by atoms with Crippen molar-refractivity contribution in [2.45, 2.75) is 10.1 Å². The van der Waals surface area contributed by atoms with E-state index in [-0.39, 0.29) is 10.5 Å². The highest BCUT2D eigenvalue weighted by Gasteiger charge is 2.19. The molecule has 24 heavy (non-hydrogen) atoms. The third-order valence-corrected chi connectivity index (χ3v) is 5.23. The maximum absolute atomic E-state index is 14.2. The number of aromatic nitrogens is 3. The predicted molar refractivity (Wildman–Crippen MR) is 86.2 cm³/mol. The quantitative estimate of drug-likeness (QED) is 0.702. The van der Waals surface area contributed by atoms with Crippen LogP contribution in [0.2, 0.25) is 0 Å². The van der Waals surface area contributed by atoms with Crippen molar-refractivity contribution in [3.63, 3.8) is 0 Å². The minimum absolute atomic E-state index is 0.214. The van der Waals surface area contributed by atoms with Crippen LogP contribution in [0, 0.1) is 11.6 Å². The number of hydrogen-bond acceptors (Lipinski definition) is 6. The van der Waals surface area contributed by atoms with Crippen LogP contribution in [-0.2, 0) is 7.05 Å². The standard InChI is InChI=1S/C15H11F2N3O2S2/c1-20-14(12-3-2-4-23-12)18-19-15(20)24-13-9(16)5-8(6-10(13)17)11(22)7-21/h2-6,21H,7H2,1H3. The Bertz CT molecular complexity index is 871. The average molecular weight is 367 g/mol. The first-order valence-electron chi connectivity index (χ1n) is 6.75. The molecule has 0 aliphatic rings. The molecule has 0 aliphatic heterocycles. The molecule has 0 saturated carbocycles. The molecular weight excluding hydrogens is 356 g/mol. The van der Waals surface area contributed by atoms with Gasteiger partial charge in [0.2, 0.25) is 0 Å². The summed E-state index contributed by atoms with van der Waals surface area (Å²) in [7, 11) is 1.71. The summed E-state index contributed by atoms with van der Waals surface area (Å²) in [5, 5.41) is 19.0. The van der Waals surface area contributed by atoms with Gasteiger partial charge in [-0.2, -0.15) is 0 Å². The van der Waals surface area contributed by atoms with Crippen LogP contribution in [0.3, 0.4) is 0 Å². The number of thiophene rings is 1. The molecule has 0 atom stereocenters. The molecule has 0 fully saturated rings. The SMILES string of the molecule is Cn1c(Sc2c(F)cc(C(=O)CO)cc2F)nnc1-c1cccs1. The lowest BCUT2D eigenvalue weighted by Gasteiger charge is -2.07. The molecule has 0 unspecified atom stereocenters. The van der Waals surface area contributed by atoms with Gasteiger partial charge in [-0.3, -0.25) is 4.79 Å². The molecule has 0 spiro atoms. The Hall–Kier alpha value is -2.10. The van der Waals surface area contributed by atoms with Crippen molar-refractivity contribution in [1.29, 1.82) is 0 Å². The number of benzene rings is 1. The fourth-order valence-corrected chi connectivity index (χ4v) is 3.57. The zero-order valence-electron chi connectivity index (χ0n) is 12.4. The fraction of sp³-hybridized carbons (Fsp3) is 0.133. The van der Waals surface area contributed by atoms with Gasteiger partial charge in [0.1, 0.15) is 18.2 Å². The second kappa shape index (κ2) is 6.80. The Kier molecular flexibility index (Phi) is 4.74. The highest BCUT2D eigenvalue weighted by atomic mass is 32.2. The predicted octanol–water partition coefficient (Wildman–Crippen LogP) is 3.15. The summed E-state index contributed by atoms with van der Waals surface area (Å²) in [5.41, 5.74) is -0.214. The van der Waals surface area contributed by atoms with Crippen LogP contribution >= 0.6 is 23.1 Å². The van der Waals surface area contributed by atoms with Gasteiger partial charge in [-0.25, -0.2) is 8.78 Å². The minimum atomic E-state index is -0.891. The number of Topliss-reactive ketones (excluding diaryl/α,β-unsaturated/α-hetero) is 1. The van der Waals surface area contributed by atoms with E-state index in [2.05, 4.69) is 10.2 Å². The summed E-state index contributed by atoms with van der Waals surface area (Å²) in [4.78, 5) is 12.0. The van der Waals surface area contributed by atoms with Crippen molar-refractivity contribution in [3.8, 4) is 10.7 Å². The number of aliphatic hydroxyl groups excluding tert-OH is 1. The second-order valence-electron chi connectivity index (χ2n) is 4.79. The molecule has 3 aromatic rings. The molecule has 0 aliphatic carbocycles. The highest BCUT2D eigenvalue weighted by Crippen LogP contribution is 2.33. The third kappa shape index (κ3) is 3.10. The lowest BCUT2D eigenvalue weighted by atomic mass is 10.1. The van der Waals surface area contributed by atoms with E-state index in [4.69, 9.17) is 5.11 Å². The Morgan fingerprint density at radius 2 is 2.04 bits per heavy atom. The molecule has 2 heterocycles. The average Bonchev–Trinajstić information content (AvgIpc) is 3.20. The molecule has 1 aromatic carbocycles. The maximum Gasteiger partial charge on any atom is 0.196 e. The Morgan fingerprint density at radius 3 is 2.62 bits per heavy atom. The largest absolute Gasteiger partial charge is 0.388 e. The van der Waals surface area contributed by atoms with Crippen LogP contribution in [0.5, 0.6) is 0 Å². The zero-order valence-corrected chi connectivity index (χ0v) is 14.0. The molecule has 0 radical (unpaired) electrons. The van der Waals surface area contributed by atoms with Gasteiger partial charge in [-0.05, 0) is 35.3 Å². The number of halogens is 2. The minimum Gasteiger partial charge on any atom is -0.388 e. The van der Waals surface area contributed by atoms with Gasteiger partial charge >= 0.3 is 0 Å². The topological polar surface area (TPSA) is 68.0 Å². The van der Waals surface area contributed by atoms with Crippen LogP contribution in [0.1, 0.15) is 10.4 Å². The molecule has 5 nitrogen and oxygen atoms in total. The van der Waals surface area contributed by atoms with Crippen LogP contribution in [0.25, 0.3) is 10.7 Å². The first kappa shape index (κ1) is 16.7. The smallest absolute Gasteiger partial charge is 0.196 e. The number of aliphatic hydroxyl groups is 1. The number of rotatable bonds is 5. The van der Waals surface area contributed by atoms with E-state index in [1.54, 1.807) is 11.6 Å². The lowest BCUT2D eigenvalue weighted by molar-refractivity contribution is 0.0902. The number of hydrogen-bond donors (Lipinski definition) is 1. The van der Waals surface area contributed by atoms with Crippen molar-refractivity contribution in [2.75, 3.05) is 6.61 Å². The molecule has 2 aromatic heterocycles. The molecule has 3 rings (SSSR count). The van der Waals surface area contributed by atoms with Crippen LogP contribution in [0.4, 0.5) is 8.78 Å². The van der Waals surface area contributed by atoms with E-state index < -0.39 is 24.0 Å². The van der Waals surface area contributed by atoms with Gasteiger partial charge in [0.05, 0.1) is 9.77 Å². The molecule has 9 heteroatoms. The molecular formula is C15H11F2N3O2S2. The van der Waals surface area contributed by atoms with Gasteiger partial charge in [-0.1, -0.05) is 6.07 Å². The molecule has 124 valence electrons. The normalized spacial score (nSPS) is 11.0. The van der Waals surface area contributed by atoms with Crippen LogP contribution in [0.15, 0.2) is 39.7 Å². The molecule has 0 amide bonds. The van der Waals surface area contributed by atoms with Gasteiger partial charge in [-0.15, -0.1) is 21.5 Å². The van der Waals surface area contributed by atoms with Gasteiger partial charge in [0.15, 0.2) is 16.8 Å². The summed E-state index contributed by atoms with van der Waals surface area (Å²) < 4.78 is 30.0. The van der Waals surface area contributed by atoms with Crippen LogP contribution in [-0.4, -0.2) is 32.3 Å². The third-order valence-electron chi connectivity index (χ3n) is 3.23. The van der Waals surface area contributed by atoms with E-state index in [0.29, 0.717) is 11.0 Å². The Labute approximate surface area is 144 Å². The summed E-state index contributed by atoms with van der Waals surface area (Å²) >= 11 is 2.27. The highest BCUT2D eigenvalue weighted by molar-refractivity contribution is 7.99. The van der Waals surface area contributed by atoms with Crippen molar-refractivity contribution in [3.05, 3.63) is 46.8 Å². The van der Waals surface area contributed by atoms with Gasteiger partial charge in [0.25, 0.3) is 0 Å². The van der Waals surface area contributed by atoms with Crippen molar-refractivity contribution < 1.29 is 18.7 Å².